The van der Waals surface area contributed by atoms with Crippen molar-refractivity contribution in [2.24, 2.45) is 5.73 Å². The Morgan fingerprint density at radius 3 is 2.96 bits per heavy atom. The molecule has 0 bridgehead atoms. The van der Waals surface area contributed by atoms with Gasteiger partial charge in [-0.1, -0.05) is 12.1 Å². The number of ether oxygens (including phenoxy) is 1. The molecule has 1 atom stereocenters. The summed E-state index contributed by atoms with van der Waals surface area (Å²) in [5, 5.41) is 11.4. The van der Waals surface area contributed by atoms with Gasteiger partial charge in [0, 0.05) is 23.3 Å². The van der Waals surface area contributed by atoms with E-state index in [1.165, 1.54) is 0 Å². The van der Waals surface area contributed by atoms with E-state index in [0.717, 1.165) is 28.8 Å². The molecule has 2 aromatic rings. The number of amides is 1. The zero-order valence-electron chi connectivity index (χ0n) is 13.4. The van der Waals surface area contributed by atoms with Crippen molar-refractivity contribution < 1.29 is 14.6 Å². The van der Waals surface area contributed by atoms with E-state index in [-0.39, 0.29) is 6.54 Å². The number of pyridine rings is 1. The molecule has 1 aromatic heterocycles. The summed E-state index contributed by atoms with van der Waals surface area (Å²) in [6, 6.07) is 7.71. The van der Waals surface area contributed by atoms with Crippen molar-refractivity contribution in [2.75, 3.05) is 25.1 Å². The van der Waals surface area contributed by atoms with Crippen LogP contribution in [0.2, 0.25) is 0 Å². The first-order chi connectivity index (χ1) is 10.9. The highest BCUT2D eigenvalue weighted by Crippen LogP contribution is 2.34. The molecule has 0 saturated carbocycles. The van der Waals surface area contributed by atoms with Crippen LogP contribution >= 0.6 is 0 Å². The highest BCUT2D eigenvalue weighted by atomic mass is 16.5. The lowest BCUT2D eigenvalue weighted by Crippen LogP contribution is -2.56. The maximum atomic E-state index is 11.6. The van der Waals surface area contributed by atoms with Crippen molar-refractivity contribution in [3.05, 3.63) is 30.0 Å². The molecule has 1 saturated heterocycles. The van der Waals surface area contributed by atoms with E-state index in [9.17, 15) is 9.90 Å². The highest BCUT2D eigenvalue weighted by molar-refractivity contribution is 5.96. The largest absolute Gasteiger partial charge is 0.494 e. The minimum absolute atomic E-state index is 0.193. The van der Waals surface area contributed by atoms with Gasteiger partial charge < -0.3 is 20.5 Å². The van der Waals surface area contributed by atoms with Crippen LogP contribution in [0.4, 0.5) is 5.69 Å². The number of carbonyl (C=O) groups is 1. The van der Waals surface area contributed by atoms with Gasteiger partial charge in [-0.2, -0.15) is 0 Å². The number of nitrogens with zero attached hydrogens (tertiary/aromatic N) is 2. The lowest BCUT2D eigenvalue weighted by Gasteiger charge is -2.39. The van der Waals surface area contributed by atoms with E-state index in [0.29, 0.717) is 18.6 Å². The summed E-state index contributed by atoms with van der Waals surface area (Å²) in [6.45, 7) is 2.86. The van der Waals surface area contributed by atoms with Crippen molar-refractivity contribution in [1.82, 2.24) is 4.98 Å². The SMILES string of the molecule is COc1cccc2c(N3CCCC(O)(C(N)=O)C3)cc(C)nc12. The topological polar surface area (TPSA) is 88.7 Å². The van der Waals surface area contributed by atoms with E-state index < -0.39 is 11.5 Å². The van der Waals surface area contributed by atoms with Gasteiger partial charge in [0.15, 0.2) is 5.60 Å². The van der Waals surface area contributed by atoms with Crippen molar-refractivity contribution in [3.63, 3.8) is 0 Å². The monoisotopic (exact) mass is 315 g/mol. The number of benzene rings is 1. The first-order valence-corrected chi connectivity index (χ1v) is 7.66. The number of hydrogen-bond acceptors (Lipinski definition) is 5. The number of anilines is 1. The van der Waals surface area contributed by atoms with Gasteiger partial charge in [0.2, 0.25) is 0 Å². The molecule has 6 nitrogen and oxygen atoms in total. The number of fused-ring (bicyclic) bond motifs is 1. The second-order valence-electron chi connectivity index (χ2n) is 6.06. The minimum Gasteiger partial charge on any atom is -0.494 e. The average molecular weight is 315 g/mol. The highest BCUT2D eigenvalue weighted by Gasteiger charge is 2.39. The van der Waals surface area contributed by atoms with E-state index in [2.05, 4.69) is 4.98 Å². The molecule has 1 aromatic carbocycles. The fourth-order valence-corrected chi connectivity index (χ4v) is 3.20. The quantitative estimate of drug-likeness (QED) is 0.893. The normalized spacial score (nSPS) is 21.4. The van der Waals surface area contributed by atoms with Crippen LogP contribution in [0.25, 0.3) is 10.9 Å². The first kappa shape index (κ1) is 15.6. The molecule has 0 radical (unpaired) electrons. The van der Waals surface area contributed by atoms with Crippen LogP contribution in [-0.4, -0.2) is 41.8 Å². The zero-order chi connectivity index (χ0) is 16.6. The van der Waals surface area contributed by atoms with Crippen molar-refractivity contribution in [1.29, 1.82) is 0 Å². The number of primary amides is 1. The smallest absolute Gasteiger partial charge is 0.251 e. The number of nitrogens with two attached hydrogens (primary N) is 1. The Kier molecular flexibility index (Phi) is 3.85. The molecule has 1 amide bonds. The second kappa shape index (κ2) is 5.70. The van der Waals surface area contributed by atoms with Gasteiger partial charge in [-0.25, -0.2) is 4.98 Å². The van der Waals surface area contributed by atoms with E-state index in [1.54, 1.807) is 7.11 Å². The van der Waals surface area contributed by atoms with Crippen LogP contribution < -0.4 is 15.4 Å². The molecule has 1 fully saturated rings. The predicted molar refractivity (Wildman–Crippen MR) is 88.6 cm³/mol. The Bertz CT molecular complexity index is 762. The predicted octanol–water partition coefficient (Wildman–Crippen LogP) is 1.37. The van der Waals surface area contributed by atoms with Crippen LogP contribution in [-0.2, 0) is 4.79 Å². The number of carbonyl (C=O) groups excluding carboxylic acids is 1. The van der Waals surface area contributed by atoms with Crippen LogP contribution in [0.5, 0.6) is 5.75 Å². The average Bonchev–Trinajstić information content (AvgIpc) is 2.53. The van der Waals surface area contributed by atoms with Crippen LogP contribution in [0.15, 0.2) is 24.3 Å². The maximum absolute atomic E-state index is 11.6. The molecule has 1 unspecified atom stereocenters. The van der Waals surface area contributed by atoms with Gasteiger partial charge in [-0.15, -0.1) is 0 Å². The van der Waals surface area contributed by atoms with Gasteiger partial charge in [0.1, 0.15) is 11.3 Å². The van der Waals surface area contributed by atoms with Gasteiger partial charge in [-0.3, -0.25) is 4.79 Å². The number of piperidine rings is 1. The molecule has 122 valence electrons. The molecule has 1 aliphatic rings. The van der Waals surface area contributed by atoms with Crippen molar-refractivity contribution in [2.45, 2.75) is 25.4 Å². The standard InChI is InChI=1S/C17H21N3O3/c1-11-9-13(12-5-3-6-14(23-2)15(12)19-11)20-8-4-7-17(22,10-20)16(18)21/h3,5-6,9,22H,4,7-8,10H2,1-2H3,(H2,18,21). The number of hydrogen-bond donors (Lipinski definition) is 2. The third-order valence-corrected chi connectivity index (χ3v) is 4.40. The summed E-state index contributed by atoms with van der Waals surface area (Å²) >= 11 is 0. The van der Waals surface area contributed by atoms with Crippen LogP contribution in [0.1, 0.15) is 18.5 Å². The van der Waals surface area contributed by atoms with E-state index >= 15 is 0 Å². The van der Waals surface area contributed by atoms with Crippen molar-refractivity contribution in [3.8, 4) is 5.75 Å². The molecular weight excluding hydrogens is 294 g/mol. The molecule has 6 heteroatoms. The number of methoxy groups -OCH3 is 1. The number of β-amino-alcohol motifs (C(OH)–C–C–N with tert-alkyl or cyclic N) is 1. The molecule has 3 rings (SSSR count). The molecule has 0 aliphatic carbocycles. The lowest BCUT2D eigenvalue weighted by molar-refractivity contribution is -0.137. The molecule has 3 N–H and O–H groups in total. The van der Waals surface area contributed by atoms with Gasteiger partial charge in [-0.05, 0) is 31.9 Å². The summed E-state index contributed by atoms with van der Waals surface area (Å²) in [6.07, 6.45) is 1.09. The Labute approximate surface area is 134 Å². The second-order valence-corrected chi connectivity index (χ2v) is 6.06. The molecule has 2 heterocycles. The summed E-state index contributed by atoms with van der Waals surface area (Å²) in [7, 11) is 1.62. The minimum atomic E-state index is -1.49. The molecule has 1 aliphatic heterocycles. The number of rotatable bonds is 3. The van der Waals surface area contributed by atoms with E-state index in [4.69, 9.17) is 10.5 Å². The third kappa shape index (κ3) is 2.70. The first-order valence-electron chi connectivity index (χ1n) is 7.66. The Hall–Kier alpha value is -2.34. The maximum Gasteiger partial charge on any atom is 0.251 e. The van der Waals surface area contributed by atoms with Crippen LogP contribution in [0.3, 0.4) is 0 Å². The Morgan fingerprint density at radius 1 is 1.48 bits per heavy atom. The molecule has 0 spiro atoms. The molecular formula is C17H21N3O3. The van der Waals surface area contributed by atoms with Crippen LogP contribution in [0, 0.1) is 6.92 Å². The summed E-state index contributed by atoms with van der Waals surface area (Å²) in [5.41, 5.74) is 6.46. The zero-order valence-corrected chi connectivity index (χ0v) is 13.4. The summed E-state index contributed by atoms with van der Waals surface area (Å²) in [5.74, 6) is 0.0319. The van der Waals surface area contributed by atoms with Gasteiger partial charge >= 0.3 is 0 Å². The third-order valence-electron chi connectivity index (χ3n) is 4.40. The Balaban J connectivity index is 2.11. The lowest BCUT2D eigenvalue weighted by atomic mass is 9.91. The Morgan fingerprint density at radius 2 is 2.26 bits per heavy atom. The number of aromatic nitrogens is 1. The fraction of sp³-hybridized carbons (Fsp3) is 0.412. The van der Waals surface area contributed by atoms with E-state index in [1.807, 2.05) is 36.1 Å². The number of para-hydroxylation sites is 1. The van der Waals surface area contributed by atoms with Gasteiger partial charge in [0.05, 0.1) is 13.7 Å². The van der Waals surface area contributed by atoms with Crippen molar-refractivity contribution >= 4 is 22.5 Å². The number of aliphatic hydroxyl groups is 1. The van der Waals surface area contributed by atoms with Gasteiger partial charge in [0.25, 0.3) is 5.91 Å². The summed E-state index contributed by atoms with van der Waals surface area (Å²) < 4.78 is 5.40. The number of aryl methyl sites for hydroxylation is 1. The summed E-state index contributed by atoms with van der Waals surface area (Å²) in [4.78, 5) is 18.2. The molecule has 23 heavy (non-hydrogen) atoms. The fourth-order valence-electron chi connectivity index (χ4n) is 3.20.